The molecule has 1 aliphatic carbocycles. The van der Waals surface area contributed by atoms with Gasteiger partial charge in [-0.15, -0.1) is 0 Å². The second kappa shape index (κ2) is 5.15. The van der Waals surface area contributed by atoms with Crippen molar-refractivity contribution in [2.75, 3.05) is 0 Å². The lowest BCUT2D eigenvalue weighted by atomic mass is 9.63. The molecular weight excluding hydrogens is 255 g/mol. The van der Waals surface area contributed by atoms with Gasteiger partial charge in [0, 0.05) is 12.2 Å². The van der Waals surface area contributed by atoms with Crippen LogP contribution in [0.2, 0.25) is 0 Å². The van der Waals surface area contributed by atoms with E-state index in [-0.39, 0.29) is 28.3 Å². The maximum Gasteiger partial charge on any atom is 0.256 e. The molecular formula is C16H23FN2O. The molecule has 1 saturated carbocycles. The smallest absolute Gasteiger partial charge is 0.256 e. The van der Waals surface area contributed by atoms with Crippen LogP contribution in [0.15, 0.2) is 18.3 Å². The van der Waals surface area contributed by atoms with Gasteiger partial charge in [-0.1, -0.05) is 27.7 Å². The van der Waals surface area contributed by atoms with Crippen molar-refractivity contribution in [1.82, 2.24) is 10.3 Å². The molecule has 0 aromatic carbocycles. The summed E-state index contributed by atoms with van der Waals surface area (Å²) in [6.45, 7) is 8.88. The second-order valence-electron chi connectivity index (χ2n) is 7.43. The van der Waals surface area contributed by atoms with Gasteiger partial charge in [0.1, 0.15) is 0 Å². The van der Waals surface area contributed by atoms with Crippen molar-refractivity contribution in [2.24, 2.45) is 10.8 Å². The number of carbonyl (C=O) groups is 1. The molecule has 3 nitrogen and oxygen atoms in total. The molecule has 0 aliphatic heterocycles. The van der Waals surface area contributed by atoms with Gasteiger partial charge < -0.3 is 5.32 Å². The van der Waals surface area contributed by atoms with Gasteiger partial charge in [0.25, 0.3) is 5.91 Å². The molecule has 0 bridgehead atoms. The van der Waals surface area contributed by atoms with E-state index in [0.29, 0.717) is 0 Å². The van der Waals surface area contributed by atoms with Crippen molar-refractivity contribution in [3.05, 3.63) is 29.8 Å². The summed E-state index contributed by atoms with van der Waals surface area (Å²) >= 11 is 0. The van der Waals surface area contributed by atoms with Crippen LogP contribution in [0, 0.1) is 16.8 Å². The fourth-order valence-electron chi connectivity index (χ4n) is 3.77. The third-order valence-corrected chi connectivity index (χ3v) is 3.89. The molecule has 1 amide bonds. The van der Waals surface area contributed by atoms with Gasteiger partial charge in [-0.05, 0) is 42.2 Å². The van der Waals surface area contributed by atoms with Crippen LogP contribution in [-0.2, 0) is 0 Å². The van der Waals surface area contributed by atoms with Crippen molar-refractivity contribution in [2.45, 2.75) is 53.0 Å². The van der Waals surface area contributed by atoms with Crippen LogP contribution < -0.4 is 5.32 Å². The summed E-state index contributed by atoms with van der Waals surface area (Å²) in [5.41, 5.74) is 0.397. The highest BCUT2D eigenvalue weighted by Gasteiger charge is 2.39. The van der Waals surface area contributed by atoms with Crippen LogP contribution in [0.5, 0.6) is 0 Å². The molecule has 110 valence electrons. The van der Waals surface area contributed by atoms with Gasteiger partial charge in [-0.25, -0.2) is 4.98 Å². The number of rotatable bonds is 2. The maximum absolute atomic E-state index is 13.5. The standard InChI is InChI=1S/C16H23FN2O/c1-15(2)8-11(9-16(3,4)10-15)19-14(20)12-6-5-7-18-13(12)17/h5-7,11H,8-10H2,1-4H3,(H,19,20). The highest BCUT2D eigenvalue weighted by atomic mass is 19.1. The number of hydrogen-bond donors (Lipinski definition) is 1. The minimum absolute atomic E-state index is 0.0219. The number of nitrogens with zero attached hydrogens (tertiary/aromatic N) is 1. The predicted octanol–water partition coefficient (Wildman–Crippen LogP) is 3.56. The molecule has 20 heavy (non-hydrogen) atoms. The van der Waals surface area contributed by atoms with Crippen molar-refractivity contribution < 1.29 is 9.18 Å². The lowest BCUT2D eigenvalue weighted by molar-refractivity contribution is 0.0711. The third kappa shape index (κ3) is 3.56. The average molecular weight is 278 g/mol. The number of hydrogen-bond acceptors (Lipinski definition) is 2. The molecule has 1 aliphatic rings. The Morgan fingerprint density at radius 3 is 2.45 bits per heavy atom. The van der Waals surface area contributed by atoms with E-state index >= 15 is 0 Å². The quantitative estimate of drug-likeness (QED) is 0.840. The summed E-state index contributed by atoms with van der Waals surface area (Å²) in [5, 5.41) is 2.97. The Labute approximate surface area is 120 Å². The molecule has 0 unspecified atom stereocenters. The van der Waals surface area contributed by atoms with Crippen LogP contribution in [0.1, 0.15) is 57.3 Å². The average Bonchev–Trinajstić information content (AvgIpc) is 2.24. The fourth-order valence-corrected chi connectivity index (χ4v) is 3.77. The van der Waals surface area contributed by atoms with Gasteiger partial charge in [-0.2, -0.15) is 4.39 Å². The molecule has 2 rings (SSSR count). The van der Waals surface area contributed by atoms with Crippen LogP contribution in [0.25, 0.3) is 0 Å². The van der Waals surface area contributed by atoms with E-state index in [1.807, 2.05) is 0 Å². The predicted molar refractivity (Wildman–Crippen MR) is 76.9 cm³/mol. The first-order valence-corrected chi connectivity index (χ1v) is 7.10. The van der Waals surface area contributed by atoms with Gasteiger partial charge in [0.2, 0.25) is 5.95 Å². The first-order chi connectivity index (χ1) is 9.19. The molecule has 1 heterocycles. The Balaban J connectivity index is 2.10. The van der Waals surface area contributed by atoms with Gasteiger partial charge >= 0.3 is 0 Å². The topological polar surface area (TPSA) is 42.0 Å². The summed E-state index contributed by atoms with van der Waals surface area (Å²) in [6.07, 6.45) is 4.32. The molecule has 1 aromatic heterocycles. The number of halogens is 1. The molecule has 0 saturated heterocycles. The molecule has 0 radical (unpaired) electrons. The molecule has 4 heteroatoms. The summed E-state index contributed by atoms with van der Waals surface area (Å²) in [4.78, 5) is 15.7. The number of aromatic nitrogens is 1. The normalized spacial score (nSPS) is 21.4. The summed E-state index contributed by atoms with van der Waals surface area (Å²) < 4.78 is 13.5. The van der Waals surface area contributed by atoms with Gasteiger partial charge in [0.05, 0.1) is 5.56 Å². The van der Waals surface area contributed by atoms with Gasteiger partial charge in [0.15, 0.2) is 0 Å². The Morgan fingerprint density at radius 1 is 1.30 bits per heavy atom. The van der Waals surface area contributed by atoms with Crippen molar-refractivity contribution >= 4 is 5.91 Å². The Hall–Kier alpha value is -1.45. The number of nitrogens with one attached hydrogen (secondary N) is 1. The SMILES string of the molecule is CC1(C)CC(NC(=O)c2cccnc2F)CC(C)(C)C1. The zero-order chi connectivity index (χ0) is 15.0. The van der Waals surface area contributed by atoms with Crippen molar-refractivity contribution in [1.29, 1.82) is 0 Å². The largest absolute Gasteiger partial charge is 0.349 e. The zero-order valence-electron chi connectivity index (χ0n) is 12.7. The van der Waals surface area contributed by atoms with E-state index < -0.39 is 5.95 Å². The first-order valence-electron chi connectivity index (χ1n) is 7.10. The molecule has 0 spiro atoms. The molecule has 1 N–H and O–H groups in total. The lowest BCUT2D eigenvalue weighted by Crippen LogP contribution is -2.46. The highest BCUT2D eigenvalue weighted by molar-refractivity contribution is 5.94. The Kier molecular flexibility index (Phi) is 3.85. The van der Waals surface area contributed by atoms with Crippen LogP contribution in [0.4, 0.5) is 4.39 Å². The number of carbonyl (C=O) groups excluding carboxylic acids is 1. The van der Waals surface area contributed by atoms with Crippen molar-refractivity contribution in [3.63, 3.8) is 0 Å². The molecule has 1 fully saturated rings. The van der Waals surface area contributed by atoms with Crippen LogP contribution in [0.3, 0.4) is 0 Å². The summed E-state index contributed by atoms with van der Waals surface area (Å²) in [6, 6.07) is 3.13. The third-order valence-electron chi connectivity index (χ3n) is 3.89. The monoisotopic (exact) mass is 278 g/mol. The van der Waals surface area contributed by atoms with Crippen LogP contribution in [-0.4, -0.2) is 16.9 Å². The maximum atomic E-state index is 13.5. The number of amides is 1. The summed E-state index contributed by atoms with van der Waals surface area (Å²) in [5.74, 6) is -1.08. The van der Waals surface area contributed by atoms with E-state index in [4.69, 9.17) is 0 Å². The lowest BCUT2D eigenvalue weighted by Gasteiger charge is -2.45. The fraction of sp³-hybridized carbons (Fsp3) is 0.625. The van der Waals surface area contributed by atoms with E-state index in [2.05, 4.69) is 38.0 Å². The van der Waals surface area contributed by atoms with E-state index in [0.717, 1.165) is 19.3 Å². The number of pyridine rings is 1. The minimum atomic E-state index is -0.709. The zero-order valence-corrected chi connectivity index (χ0v) is 12.7. The molecule has 1 aromatic rings. The highest BCUT2D eigenvalue weighted by Crippen LogP contribution is 2.45. The van der Waals surface area contributed by atoms with E-state index in [1.54, 1.807) is 6.07 Å². The molecule has 0 atom stereocenters. The van der Waals surface area contributed by atoms with E-state index in [9.17, 15) is 9.18 Å². The van der Waals surface area contributed by atoms with E-state index in [1.165, 1.54) is 12.3 Å². The Morgan fingerprint density at radius 2 is 1.90 bits per heavy atom. The second-order valence-corrected chi connectivity index (χ2v) is 7.43. The van der Waals surface area contributed by atoms with Gasteiger partial charge in [-0.3, -0.25) is 4.79 Å². The van der Waals surface area contributed by atoms with Crippen molar-refractivity contribution in [3.8, 4) is 0 Å². The summed E-state index contributed by atoms with van der Waals surface area (Å²) in [7, 11) is 0. The first kappa shape index (κ1) is 14.9. The Bertz CT molecular complexity index is 495. The minimum Gasteiger partial charge on any atom is -0.349 e. The van der Waals surface area contributed by atoms with Crippen LogP contribution >= 0.6 is 0 Å².